The molecular weight excluding hydrogens is 423 g/mol. The predicted octanol–water partition coefficient (Wildman–Crippen LogP) is 4.78. The molecule has 2 aromatic heterocycles. The second-order valence-corrected chi connectivity index (χ2v) is 8.07. The van der Waals surface area contributed by atoms with Crippen molar-refractivity contribution in [3.63, 3.8) is 0 Å². The molecule has 0 radical (unpaired) electrons. The summed E-state index contributed by atoms with van der Waals surface area (Å²) in [5.74, 6) is 0.0300. The number of carbonyl (C=O) groups is 1. The largest absolute Gasteiger partial charge is 0.342 e. The van der Waals surface area contributed by atoms with Gasteiger partial charge in [-0.15, -0.1) is 11.3 Å². The molecule has 0 aliphatic heterocycles. The number of rotatable bonds is 6. The third-order valence-corrected chi connectivity index (χ3v) is 5.78. The highest BCUT2D eigenvalue weighted by molar-refractivity contribution is 7.13. The fraction of sp³-hybridized carbons (Fsp3) is 0.136. The lowest BCUT2D eigenvalue weighted by Crippen LogP contribution is -2.32. The quantitative estimate of drug-likeness (QED) is 0.469. The average Bonchev–Trinajstić information content (AvgIpc) is 3.36. The van der Waals surface area contributed by atoms with Crippen LogP contribution >= 0.6 is 22.9 Å². The van der Waals surface area contributed by atoms with Crippen LogP contribution in [0.3, 0.4) is 0 Å². The van der Waals surface area contributed by atoms with Crippen LogP contribution in [-0.2, 0) is 18.3 Å². The Bertz CT molecular complexity index is 1170. The number of nitrogens with zero attached hydrogens (tertiary/aromatic N) is 3. The van der Waals surface area contributed by atoms with Gasteiger partial charge in [-0.3, -0.25) is 4.79 Å². The maximum Gasteiger partial charge on any atom is 0.226 e. The molecule has 0 saturated carbocycles. The van der Waals surface area contributed by atoms with Crippen molar-refractivity contribution in [1.29, 1.82) is 0 Å². The topological polar surface area (TPSA) is 59.8 Å². The van der Waals surface area contributed by atoms with Gasteiger partial charge in [0.05, 0.1) is 12.1 Å². The highest BCUT2D eigenvalue weighted by atomic mass is 35.5. The summed E-state index contributed by atoms with van der Waals surface area (Å²) in [6.07, 6.45) is 3.54. The van der Waals surface area contributed by atoms with Gasteiger partial charge in [0.2, 0.25) is 5.91 Å². The van der Waals surface area contributed by atoms with Gasteiger partial charge >= 0.3 is 0 Å². The van der Waals surface area contributed by atoms with E-state index in [9.17, 15) is 9.18 Å². The first kappa shape index (κ1) is 20.3. The Morgan fingerprint density at radius 3 is 2.77 bits per heavy atom. The molecule has 0 spiro atoms. The molecule has 1 amide bonds. The van der Waals surface area contributed by atoms with Gasteiger partial charge in [-0.2, -0.15) is 0 Å². The first-order valence-electron chi connectivity index (χ1n) is 9.22. The highest BCUT2D eigenvalue weighted by Gasteiger charge is 2.22. The molecule has 152 valence electrons. The molecule has 1 N–H and O–H groups in total. The number of benzene rings is 2. The summed E-state index contributed by atoms with van der Waals surface area (Å²) in [6.45, 7) is 0. The van der Waals surface area contributed by atoms with Gasteiger partial charge < -0.3 is 9.88 Å². The second kappa shape index (κ2) is 8.77. The maximum absolute atomic E-state index is 13.8. The standard InChI is InChI=1S/C22H18ClFN4OS/c1-28-10-9-25-21(28)20(15-3-2-4-17(24)11-15)27-19(29)12-18-13-30-22(26-18)14-5-7-16(23)8-6-14/h2-11,13,20H,12H2,1H3,(H,27,29)/t20-/m0/s1. The van der Waals surface area contributed by atoms with E-state index >= 15 is 0 Å². The molecule has 2 aromatic carbocycles. The number of hydrogen-bond donors (Lipinski definition) is 1. The van der Waals surface area contributed by atoms with Gasteiger partial charge in [-0.25, -0.2) is 14.4 Å². The minimum absolute atomic E-state index is 0.111. The number of nitrogens with one attached hydrogen (secondary N) is 1. The van der Waals surface area contributed by atoms with Crippen LogP contribution in [0.25, 0.3) is 10.6 Å². The van der Waals surface area contributed by atoms with E-state index in [0.29, 0.717) is 22.1 Å². The number of carbonyl (C=O) groups excluding carboxylic acids is 1. The van der Waals surface area contributed by atoms with Gasteiger partial charge in [-0.05, 0) is 29.8 Å². The van der Waals surface area contributed by atoms with Crippen molar-refractivity contribution in [2.75, 3.05) is 0 Å². The van der Waals surface area contributed by atoms with E-state index in [1.807, 2.05) is 24.6 Å². The van der Waals surface area contributed by atoms with Crippen molar-refractivity contribution in [3.05, 3.63) is 94.2 Å². The van der Waals surface area contributed by atoms with Crippen LogP contribution in [0, 0.1) is 5.82 Å². The number of hydrogen-bond acceptors (Lipinski definition) is 4. The van der Waals surface area contributed by atoms with Crippen LogP contribution in [0.2, 0.25) is 5.02 Å². The van der Waals surface area contributed by atoms with Crippen LogP contribution < -0.4 is 5.32 Å². The van der Waals surface area contributed by atoms with Gasteiger partial charge in [-0.1, -0.05) is 35.9 Å². The summed E-state index contributed by atoms with van der Waals surface area (Å²) in [4.78, 5) is 21.7. The number of imidazole rings is 1. The zero-order chi connectivity index (χ0) is 21.1. The van der Waals surface area contributed by atoms with Crippen molar-refractivity contribution < 1.29 is 9.18 Å². The van der Waals surface area contributed by atoms with E-state index in [2.05, 4.69) is 15.3 Å². The summed E-state index contributed by atoms with van der Waals surface area (Å²) >= 11 is 7.40. The lowest BCUT2D eigenvalue weighted by Gasteiger charge is -2.19. The molecule has 2 heterocycles. The first-order chi connectivity index (χ1) is 14.5. The van der Waals surface area contributed by atoms with Gasteiger partial charge in [0, 0.05) is 35.4 Å². The highest BCUT2D eigenvalue weighted by Crippen LogP contribution is 2.26. The van der Waals surface area contributed by atoms with Crippen molar-refractivity contribution in [3.8, 4) is 10.6 Å². The summed E-state index contributed by atoms with van der Waals surface area (Å²) < 4.78 is 15.6. The molecule has 8 heteroatoms. The molecule has 5 nitrogen and oxygen atoms in total. The Labute approximate surface area is 182 Å². The average molecular weight is 441 g/mol. The number of thiazole rings is 1. The smallest absolute Gasteiger partial charge is 0.226 e. The molecule has 0 unspecified atom stereocenters. The Balaban J connectivity index is 1.52. The van der Waals surface area contributed by atoms with E-state index in [4.69, 9.17) is 11.6 Å². The SMILES string of the molecule is Cn1ccnc1[C@@H](NC(=O)Cc1csc(-c2ccc(Cl)cc2)n1)c1cccc(F)c1. The summed E-state index contributed by atoms with van der Waals surface area (Å²) in [5.41, 5.74) is 2.24. The number of halogens is 2. The molecule has 0 aliphatic carbocycles. The first-order valence-corrected chi connectivity index (χ1v) is 10.5. The molecular formula is C22H18ClFN4OS. The minimum atomic E-state index is -0.567. The normalized spacial score (nSPS) is 12.0. The number of aryl methyl sites for hydroxylation is 1. The molecule has 1 atom stereocenters. The van der Waals surface area contributed by atoms with Crippen molar-refractivity contribution in [1.82, 2.24) is 19.9 Å². The van der Waals surface area contributed by atoms with Crippen molar-refractivity contribution in [2.45, 2.75) is 12.5 Å². The fourth-order valence-electron chi connectivity index (χ4n) is 3.13. The summed E-state index contributed by atoms with van der Waals surface area (Å²) in [7, 11) is 1.83. The third-order valence-electron chi connectivity index (χ3n) is 4.59. The van der Waals surface area contributed by atoms with E-state index < -0.39 is 6.04 Å². The molecule has 0 aliphatic rings. The lowest BCUT2D eigenvalue weighted by atomic mass is 10.1. The number of amides is 1. The summed E-state index contributed by atoms with van der Waals surface area (Å²) in [6, 6.07) is 13.0. The minimum Gasteiger partial charge on any atom is -0.342 e. The van der Waals surface area contributed by atoms with Crippen LogP contribution in [0.4, 0.5) is 4.39 Å². The van der Waals surface area contributed by atoms with E-state index in [0.717, 1.165) is 10.6 Å². The van der Waals surface area contributed by atoms with Gasteiger partial charge in [0.1, 0.15) is 22.7 Å². The van der Waals surface area contributed by atoms with E-state index in [1.165, 1.54) is 23.5 Å². The third kappa shape index (κ3) is 4.58. The maximum atomic E-state index is 13.8. The molecule has 4 rings (SSSR count). The Morgan fingerprint density at radius 1 is 1.27 bits per heavy atom. The monoisotopic (exact) mass is 440 g/mol. The molecule has 4 aromatic rings. The van der Waals surface area contributed by atoms with E-state index in [-0.39, 0.29) is 18.1 Å². The Kier molecular flexibility index (Phi) is 5.92. The molecule has 30 heavy (non-hydrogen) atoms. The number of aromatic nitrogens is 3. The van der Waals surface area contributed by atoms with Crippen LogP contribution in [0.5, 0.6) is 0 Å². The van der Waals surface area contributed by atoms with Gasteiger partial charge in [0.15, 0.2) is 0 Å². The summed E-state index contributed by atoms with van der Waals surface area (Å²) in [5, 5.41) is 6.31. The predicted molar refractivity (Wildman–Crippen MR) is 116 cm³/mol. The molecule has 0 fully saturated rings. The molecule has 0 saturated heterocycles. The van der Waals surface area contributed by atoms with Crippen molar-refractivity contribution >= 4 is 28.8 Å². The fourth-order valence-corrected chi connectivity index (χ4v) is 4.08. The van der Waals surface area contributed by atoms with Crippen LogP contribution in [0.15, 0.2) is 66.3 Å². The molecule has 0 bridgehead atoms. The van der Waals surface area contributed by atoms with Crippen LogP contribution in [0.1, 0.15) is 23.1 Å². The van der Waals surface area contributed by atoms with E-state index in [1.54, 1.807) is 41.2 Å². The van der Waals surface area contributed by atoms with Crippen LogP contribution in [-0.4, -0.2) is 20.4 Å². The zero-order valence-corrected chi connectivity index (χ0v) is 17.6. The Hall–Kier alpha value is -3.03. The van der Waals surface area contributed by atoms with Crippen molar-refractivity contribution in [2.24, 2.45) is 7.05 Å². The zero-order valence-electron chi connectivity index (χ0n) is 16.0. The Morgan fingerprint density at radius 2 is 2.07 bits per heavy atom. The second-order valence-electron chi connectivity index (χ2n) is 6.78. The lowest BCUT2D eigenvalue weighted by molar-refractivity contribution is -0.121. The van der Waals surface area contributed by atoms with Gasteiger partial charge in [0.25, 0.3) is 0 Å².